The largest absolute Gasteiger partial charge is 0.390 e. The first-order valence-corrected chi connectivity index (χ1v) is 9.29. The molecular weight excluding hydrogens is 288 g/mol. The summed E-state index contributed by atoms with van der Waals surface area (Å²) in [5.41, 5.74) is 0.771. The zero-order chi connectivity index (χ0) is 17.5. The Labute approximate surface area is 142 Å². The molecule has 0 spiro atoms. The molecule has 2 aliphatic heterocycles. The van der Waals surface area contributed by atoms with Gasteiger partial charge in [0.05, 0.1) is 22.9 Å². The lowest BCUT2D eigenvalue weighted by molar-refractivity contribution is -0.0801. The highest BCUT2D eigenvalue weighted by Gasteiger charge is 2.59. The third-order valence-corrected chi connectivity index (χ3v) is 6.61. The summed E-state index contributed by atoms with van der Waals surface area (Å²) in [7, 11) is 0. The van der Waals surface area contributed by atoms with Crippen molar-refractivity contribution in [2.75, 3.05) is 0 Å². The molecule has 0 aromatic heterocycles. The third kappa shape index (κ3) is 3.67. The molecule has 2 fully saturated rings. The second-order valence-corrected chi connectivity index (χ2v) is 8.87. The van der Waals surface area contributed by atoms with Crippen LogP contribution in [-0.2, 0) is 4.74 Å². The van der Waals surface area contributed by atoms with E-state index in [1.165, 1.54) is 5.57 Å². The van der Waals surface area contributed by atoms with E-state index in [9.17, 15) is 10.2 Å². The molecule has 0 radical (unpaired) electrons. The van der Waals surface area contributed by atoms with Crippen LogP contribution in [0.5, 0.6) is 0 Å². The minimum Gasteiger partial charge on any atom is -0.390 e. The highest BCUT2D eigenvalue weighted by Crippen LogP contribution is 2.53. The Bertz CT molecular complexity index is 456. The van der Waals surface area contributed by atoms with Crippen LogP contribution in [0.4, 0.5) is 0 Å². The zero-order valence-corrected chi connectivity index (χ0v) is 15.9. The summed E-state index contributed by atoms with van der Waals surface area (Å²) in [5, 5.41) is 19.8. The summed E-state index contributed by atoms with van der Waals surface area (Å²) in [6.07, 6.45) is 7.75. The molecule has 2 bridgehead atoms. The lowest BCUT2D eigenvalue weighted by Gasteiger charge is -2.34. The van der Waals surface area contributed by atoms with Crippen molar-refractivity contribution in [1.29, 1.82) is 0 Å². The SMILES string of the molecule is CC(C)[C@@]12CC[C@@](C)(O1)C(O)C2.CC1=CCC(O)(C(C)C)CC1. The van der Waals surface area contributed by atoms with Gasteiger partial charge in [-0.3, -0.25) is 0 Å². The first-order valence-electron chi connectivity index (χ1n) is 9.29. The van der Waals surface area contributed by atoms with Crippen LogP contribution in [0.2, 0.25) is 0 Å². The van der Waals surface area contributed by atoms with Crippen LogP contribution >= 0.6 is 0 Å². The molecule has 23 heavy (non-hydrogen) atoms. The molecule has 2 heterocycles. The lowest BCUT2D eigenvalue weighted by Crippen LogP contribution is -2.36. The Hall–Kier alpha value is -0.380. The van der Waals surface area contributed by atoms with Crippen molar-refractivity contribution in [3.8, 4) is 0 Å². The molecule has 0 aromatic carbocycles. The minimum atomic E-state index is -0.417. The maximum atomic E-state index is 10.0. The van der Waals surface area contributed by atoms with Crippen LogP contribution in [-0.4, -0.2) is 33.1 Å². The minimum absolute atomic E-state index is 0.00579. The van der Waals surface area contributed by atoms with Crippen LogP contribution in [0.15, 0.2) is 11.6 Å². The molecule has 3 heteroatoms. The molecule has 4 atom stereocenters. The van der Waals surface area contributed by atoms with Crippen molar-refractivity contribution in [3.05, 3.63) is 11.6 Å². The van der Waals surface area contributed by atoms with Crippen molar-refractivity contribution in [1.82, 2.24) is 0 Å². The van der Waals surface area contributed by atoms with Gasteiger partial charge in [0.2, 0.25) is 0 Å². The summed E-state index contributed by atoms with van der Waals surface area (Å²) in [4.78, 5) is 0. The normalized spacial score (nSPS) is 42.7. The Morgan fingerprint density at radius 3 is 2.09 bits per heavy atom. The van der Waals surface area contributed by atoms with E-state index >= 15 is 0 Å². The molecule has 1 aliphatic carbocycles. The Kier molecular flexibility index (Phi) is 5.35. The Morgan fingerprint density at radius 1 is 1.13 bits per heavy atom. The highest BCUT2D eigenvalue weighted by molar-refractivity contribution is 5.09. The summed E-state index contributed by atoms with van der Waals surface area (Å²) in [6, 6.07) is 0. The van der Waals surface area contributed by atoms with Gasteiger partial charge in [0, 0.05) is 6.42 Å². The Morgan fingerprint density at radius 2 is 1.78 bits per heavy atom. The van der Waals surface area contributed by atoms with Gasteiger partial charge in [-0.2, -0.15) is 0 Å². The van der Waals surface area contributed by atoms with E-state index in [1.807, 2.05) is 6.92 Å². The van der Waals surface area contributed by atoms with E-state index < -0.39 is 5.60 Å². The number of allylic oxidation sites excluding steroid dienone is 1. The second-order valence-electron chi connectivity index (χ2n) is 8.87. The molecular formula is C20H36O3. The summed E-state index contributed by atoms with van der Waals surface area (Å²) >= 11 is 0. The van der Waals surface area contributed by atoms with Crippen molar-refractivity contribution < 1.29 is 14.9 Å². The molecule has 0 amide bonds. The van der Waals surface area contributed by atoms with Gasteiger partial charge in [0.25, 0.3) is 0 Å². The van der Waals surface area contributed by atoms with Crippen LogP contribution in [0.25, 0.3) is 0 Å². The van der Waals surface area contributed by atoms with E-state index in [0.29, 0.717) is 11.8 Å². The molecule has 2 N–H and O–H groups in total. The molecule has 134 valence electrons. The monoisotopic (exact) mass is 324 g/mol. The fraction of sp³-hybridized carbons (Fsp3) is 0.900. The number of hydrogen-bond acceptors (Lipinski definition) is 3. The first-order chi connectivity index (χ1) is 10.5. The van der Waals surface area contributed by atoms with E-state index in [4.69, 9.17) is 4.74 Å². The zero-order valence-electron chi connectivity index (χ0n) is 15.9. The third-order valence-electron chi connectivity index (χ3n) is 6.61. The van der Waals surface area contributed by atoms with E-state index in [-0.39, 0.29) is 17.3 Å². The number of aliphatic hydroxyl groups is 2. The predicted octanol–water partition coefficient (Wildman–Crippen LogP) is 4.22. The maximum Gasteiger partial charge on any atom is 0.0922 e. The van der Waals surface area contributed by atoms with Crippen LogP contribution in [0.1, 0.15) is 80.1 Å². The molecule has 3 nitrogen and oxygen atoms in total. The topological polar surface area (TPSA) is 49.7 Å². The van der Waals surface area contributed by atoms with Crippen LogP contribution in [0, 0.1) is 11.8 Å². The van der Waals surface area contributed by atoms with Gasteiger partial charge in [-0.05, 0) is 57.8 Å². The molecule has 0 aromatic rings. The first kappa shape index (κ1) is 19.0. The van der Waals surface area contributed by atoms with Crippen LogP contribution < -0.4 is 0 Å². The molecule has 0 saturated carbocycles. The smallest absolute Gasteiger partial charge is 0.0922 e. The van der Waals surface area contributed by atoms with Gasteiger partial charge in [-0.15, -0.1) is 0 Å². The fourth-order valence-corrected chi connectivity index (χ4v) is 4.08. The maximum absolute atomic E-state index is 10.0. The molecule has 2 unspecified atom stereocenters. The van der Waals surface area contributed by atoms with Gasteiger partial charge in [0.15, 0.2) is 0 Å². The number of rotatable bonds is 2. The molecule has 2 saturated heterocycles. The van der Waals surface area contributed by atoms with Crippen molar-refractivity contribution in [2.45, 2.75) is 103 Å². The van der Waals surface area contributed by atoms with Gasteiger partial charge >= 0.3 is 0 Å². The van der Waals surface area contributed by atoms with Gasteiger partial charge in [-0.1, -0.05) is 39.3 Å². The second kappa shape index (κ2) is 6.50. The lowest BCUT2D eigenvalue weighted by atomic mass is 9.76. The average molecular weight is 325 g/mol. The fourth-order valence-electron chi connectivity index (χ4n) is 4.08. The van der Waals surface area contributed by atoms with E-state index in [1.54, 1.807) is 0 Å². The number of fused-ring (bicyclic) bond motifs is 2. The molecule has 3 rings (SSSR count). The summed E-state index contributed by atoms with van der Waals surface area (Å²) < 4.78 is 5.97. The molecule has 3 aliphatic rings. The van der Waals surface area contributed by atoms with Crippen molar-refractivity contribution >= 4 is 0 Å². The van der Waals surface area contributed by atoms with E-state index in [0.717, 1.165) is 38.5 Å². The highest BCUT2D eigenvalue weighted by atomic mass is 16.6. The van der Waals surface area contributed by atoms with Crippen molar-refractivity contribution in [2.24, 2.45) is 11.8 Å². The van der Waals surface area contributed by atoms with Gasteiger partial charge < -0.3 is 14.9 Å². The number of aliphatic hydroxyl groups excluding tert-OH is 1. The summed E-state index contributed by atoms with van der Waals surface area (Å²) in [6.45, 7) is 12.7. The van der Waals surface area contributed by atoms with Crippen molar-refractivity contribution in [3.63, 3.8) is 0 Å². The van der Waals surface area contributed by atoms with E-state index in [2.05, 4.69) is 40.7 Å². The number of ether oxygens (including phenoxy) is 1. The summed E-state index contributed by atoms with van der Waals surface area (Å²) in [5.74, 6) is 0.906. The predicted molar refractivity (Wildman–Crippen MR) is 94.3 cm³/mol. The van der Waals surface area contributed by atoms with Gasteiger partial charge in [0.1, 0.15) is 0 Å². The quantitative estimate of drug-likeness (QED) is 0.748. The van der Waals surface area contributed by atoms with Crippen LogP contribution in [0.3, 0.4) is 0 Å². The Balaban J connectivity index is 0.000000168. The van der Waals surface area contributed by atoms with Gasteiger partial charge in [-0.25, -0.2) is 0 Å². The number of hydrogen-bond donors (Lipinski definition) is 2. The standard InChI is InChI=1S/C10H18O2.C10H18O/c1-7(2)10-5-4-9(3,12-10)8(11)6-10;1-8(2)10(11)6-4-9(3)5-7-10/h7-8,11H,4-6H2,1-3H3;4,8,11H,5-7H2,1-3H3/t8?,9-,10+;/m1./s1. The average Bonchev–Trinajstić information content (AvgIpc) is 2.95.